The molecule has 1 aliphatic heterocycles. The molecule has 2 aliphatic rings. The van der Waals surface area contributed by atoms with E-state index in [2.05, 4.69) is 23.2 Å². The first-order valence-electron chi connectivity index (χ1n) is 10.1. The van der Waals surface area contributed by atoms with Gasteiger partial charge in [-0.05, 0) is 61.8 Å². The molecule has 0 unspecified atom stereocenters. The average molecular weight is 408 g/mol. The van der Waals surface area contributed by atoms with E-state index in [1.54, 1.807) is 0 Å². The van der Waals surface area contributed by atoms with Gasteiger partial charge in [0.15, 0.2) is 0 Å². The fourth-order valence-electron chi connectivity index (χ4n) is 3.98. The zero-order valence-corrected chi connectivity index (χ0v) is 16.4. The standard InChI is InChI=1S/C23H27F3O3/c1-2-3-4-17-5-10-19(11-6-17)22-16-27-21(15-28-22)14-9-18-7-12-20(13-8-18)29-23(24,25)26/h2,7-8,12-13,17,19,21-22H,1,3-6,10-11,15-16H2/t17-,19-,21-,22-/m0/s1. The van der Waals surface area contributed by atoms with Crippen molar-refractivity contribution in [3.63, 3.8) is 0 Å². The van der Waals surface area contributed by atoms with Crippen molar-refractivity contribution in [1.29, 1.82) is 0 Å². The molecule has 6 heteroatoms. The van der Waals surface area contributed by atoms with Crippen molar-refractivity contribution in [1.82, 2.24) is 0 Å². The lowest BCUT2D eigenvalue weighted by Gasteiger charge is -2.36. The number of hydrogen-bond acceptors (Lipinski definition) is 3. The van der Waals surface area contributed by atoms with Crippen molar-refractivity contribution in [2.24, 2.45) is 11.8 Å². The normalized spacial score (nSPS) is 27.6. The molecule has 0 spiro atoms. The Bertz CT molecular complexity index is 702. The quantitative estimate of drug-likeness (QED) is 0.476. The lowest BCUT2D eigenvalue weighted by atomic mass is 9.77. The molecule has 0 bridgehead atoms. The van der Waals surface area contributed by atoms with Gasteiger partial charge in [0.25, 0.3) is 0 Å². The number of rotatable bonds is 5. The maximum Gasteiger partial charge on any atom is 0.573 e. The van der Waals surface area contributed by atoms with E-state index in [0.29, 0.717) is 24.7 Å². The fraction of sp³-hybridized carbons (Fsp3) is 0.565. The van der Waals surface area contributed by atoms with Crippen LogP contribution in [-0.2, 0) is 9.47 Å². The summed E-state index contributed by atoms with van der Waals surface area (Å²) in [6, 6.07) is 5.48. The monoisotopic (exact) mass is 408 g/mol. The highest BCUT2D eigenvalue weighted by Crippen LogP contribution is 2.35. The van der Waals surface area contributed by atoms with Crippen molar-refractivity contribution in [3.05, 3.63) is 42.5 Å². The smallest absolute Gasteiger partial charge is 0.406 e. The molecule has 1 heterocycles. The summed E-state index contributed by atoms with van der Waals surface area (Å²) in [5, 5.41) is 0. The van der Waals surface area contributed by atoms with Crippen LogP contribution >= 0.6 is 0 Å². The molecule has 0 aromatic heterocycles. The number of benzene rings is 1. The first-order valence-corrected chi connectivity index (χ1v) is 10.1. The first kappa shape index (κ1) is 21.7. The molecule has 1 saturated carbocycles. The second kappa shape index (κ2) is 10.2. The number of ether oxygens (including phenoxy) is 3. The van der Waals surface area contributed by atoms with Crippen molar-refractivity contribution < 1.29 is 27.4 Å². The number of allylic oxidation sites excluding steroid dienone is 1. The highest BCUT2D eigenvalue weighted by molar-refractivity contribution is 5.38. The molecule has 29 heavy (non-hydrogen) atoms. The van der Waals surface area contributed by atoms with E-state index in [4.69, 9.17) is 9.47 Å². The van der Waals surface area contributed by atoms with Crippen LogP contribution in [0.2, 0.25) is 0 Å². The summed E-state index contributed by atoms with van der Waals surface area (Å²) in [4.78, 5) is 0. The molecule has 3 rings (SSSR count). The van der Waals surface area contributed by atoms with Gasteiger partial charge in [-0.3, -0.25) is 0 Å². The minimum absolute atomic E-state index is 0.132. The van der Waals surface area contributed by atoms with Gasteiger partial charge in [-0.1, -0.05) is 30.8 Å². The molecular weight excluding hydrogens is 381 g/mol. The van der Waals surface area contributed by atoms with Gasteiger partial charge in [0.05, 0.1) is 19.3 Å². The molecule has 158 valence electrons. The maximum atomic E-state index is 12.2. The van der Waals surface area contributed by atoms with Crippen molar-refractivity contribution in [2.45, 2.75) is 57.1 Å². The Labute approximate surface area is 170 Å². The van der Waals surface area contributed by atoms with Gasteiger partial charge in [0.2, 0.25) is 0 Å². The van der Waals surface area contributed by atoms with Crippen molar-refractivity contribution >= 4 is 0 Å². The summed E-state index contributed by atoms with van der Waals surface area (Å²) < 4.78 is 52.3. The maximum absolute atomic E-state index is 12.2. The van der Waals surface area contributed by atoms with E-state index in [1.807, 2.05) is 6.08 Å². The van der Waals surface area contributed by atoms with E-state index >= 15 is 0 Å². The number of hydrogen-bond donors (Lipinski definition) is 0. The van der Waals surface area contributed by atoms with Gasteiger partial charge in [0.1, 0.15) is 11.9 Å². The van der Waals surface area contributed by atoms with Gasteiger partial charge < -0.3 is 14.2 Å². The molecule has 1 aliphatic carbocycles. The van der Waals surface area contributed by atoms with E-state index in [-0.39, 0.29) is 18.0 Å². The Hall–Kier alpha value is -1.97. The molecule has 1 aromatic carbocycles. The van der Waals surface area contributed by atoms with E-state index < -0.39 is 6.36 Å². The second-order valence-corrected chi connectivity index (χ2v) is 7.68. The van der Waals surface area contributed by atoms with Gasteiger partial charge in [-0.15, -0.1) is 19.8 Å². The molecular formula is C23H27F3O3. The zero-order chi connectivity index (χ0) is 20.7. The fourth-order valence-corrected chi connectivity index (χ4v) is 3.98. The third kappa shape index (κ3) is 7.09. The second-order valence-electron chi connectivity index (χ2n) is 7.68. The lowest BCUT2D eigenvalue weighted by Crippen LogP contribution is -2.40. The van der Waals surface area contributed by atoms with Gasteiger partial charge >= 0.3 is 6.36 Å². The molecule has 0 N–H and O–H groups in total. The van der Waals surface area contributed by atoms with Crippen LogP contribution in [0.1, 0.15) is 44.1 Å². The molecule has 0 radical (unpaired) electrons. The SMILES string of the molecule is C=CCC[C@H]1CC[C@H]([C@@H]2CO[C@@H](C#Cc3ccc(OC(F)(F)F)cc3)CO2)CC1. The molecule has 2 fully saturated rings. The van der Waals surface area contributed by atoms with Crippen LogP contribution in [0.3, 0.4) is 0 Å². The average Bonchev–Trinajstić information content (AvgIpc) is 2.71. The topological polar surface area (TPSA) is 27.7 Å². The van der Waals surface area contributed by atoms with Gasteiger partial charge in [-0.2, -0.15) is 0 Å². The molecule has 3 nitrogen and oxygen atoms in total. The highest BCUT2D eigenvalue weighted by atomic mass is 19.4. The van der Waals surface area contributed by atoms with Crippen molar-refractivity contribution in [3.8, 4) is 17.6 Å². The summed E-state index contributed by atoms with van der Waals surface area (Å²) >= 11 is 0. The Morgan fingerprint density at radius 2 is 1.79 bits per heavy atom. The Kier molecular flexibility index (Phi) is 7.63. The Morgan fingerprint density at radius 1 is 1.07 bits per heavy atom. The predicted octanol–water partition coefficient (Wildman–Crippen LogP) is 5.49. The molecule has 2 atom stereocenters. The predicted molar refractivity (Wildman–Crippen MR) is 104 cm³/mol. The summed E-state index contributed by atoms with van der Waals surface area (Å²) in [5.74, 6) is 7.00. The largest absolute Gasteiger partial charge is 0.573 e. The van der Waals surface area contributed by atoms with E-state index in [9.17, 15) is 13.2 Å². The Morgan fingerprint density at radius 3 is 2.38 bits per heavy atom. The number of halogens is 3. The van der Waals surface area contributed by atoms with Crippen LogP contribution in [-0.4, -0.2) is 31.8 Å². The third-order valence-corrected chi connectivity index (χ3v) is 5.58. The summed E-state index contributed by atoms with van der Waals surface area (Å²) in [5.41, 5.74) is 0.600. The Balaban J connectivity index is 1.42. The van der Waals surface area contributed by atoms with E-state index in [1.165, 1.54) is 56.4 Å². The molecule has 1 aromatic rings. The summed E-state index contributed by atoms with van der Waals surface area (Å²) in [6.07, 6.45) is 4.30. The minimum atomic E-state index is -4.69. The van der Waals surface area contributed by atoms with Crippen LogP contribution < -0.4 is 4.74 Å². The van der Waals surface area contributed by atoms with Crippen LogP contribution in [0.25, 0.3) is 0 Å². The summed E-state index contributed by atoms with van der Waals surface area (Å²) in [6.45, 7) is 4.76. The van der Waals surface area contributed by atoms with Gasteiger partial charge in [-0.25, -0.2) is 0 Å². The number of alkyl halides is 3. The van der Waals surface area contributed by atoms with Crippen LogP contribution in [0.15, 0.2) is 36.9 Å². The first-order chi connectivity index (χ1) is 13.9. The van der Waals surface area contributed by atoms with Gasteiger partial charge in [0, 0.05) is 5.56 Å². The molecule has 1 saturated heterocycles. The summed E-state index contributed by atoms with van der Waals surface area (Å²) in [7, 11) is 0. The lowest BCUT2D eigenvalue weighted by molar-refractivity contribution is -0.274. The minimum Gasteiger partial charge on any atom is -0.406 e. The van der Waals surface area contributed by atoms with E-state index in [0.717, 1.165) is 12.3 Å². The highest BCUT2D eigenvalue weighted by Gasteiger charge is 2.32. The third-order valence-electron chi connectivity index (χ3n) is 5.58. The zero-order valence-electron chi connectivity index (χ0n) is 16.4. The van der Waals surface area contributed by atoms with Crippen LogP contribution in [0.4, 0.5) is 13.2 Å². The van der Waals surface area contributed by atoms with Crippen molar-refractivity contribution in [2.75, 3.05) is 13.2 Å². The molecule has 0 amide bonds. The van der Waals surface area contributed by atoms with Crippen LogP contribution in [0.5, 0.6) is 5.75 Å². The van der Waals surface area contributed by atoms with Crippen LogP contribution in [0, 0.1) is 23.7 Å².